The van der Waals surface area contributed by atoms with E-state index in [0.29, 0.717) is 61.1 Å². The van der Waals surface area contributed by atoms with Crippen molar-refractivity contribution >= 4 is 17.6 Å². The highest BCUT2D eigenvalue weighted by molar-refractivity contribution is 5.99. The van der Waals surface area contributed by atoms with E-state index in [1.165, 1.54) is 0 Å². The van der Waals surface area contributed by atoms with Gasteiger partial charge in [0, 0.05) is 38.9 Å². The molecule has 1 aromatic carbocycles. The molecular formula is C24H27N5O4. The number of piperazine rings is 1. The molecule has 2 amide bonds. The molecule has 9 nitrogen and oxygen atoms in total. The van der Waals surface area contributed by atoms with Crippen molar-refractivity contribution in [1.82, 2.24) is 20.4 Å². The maximum atomic E-state index is 12.9. The maximum absolute atomic E-state index is 12.9. The molecule has 0 aliphatic carbocycles. The molecule has 0 saturated carbocycles. The lowest BCUT2D eigenvalue weighted by Crippen LogP contribution is -2.49. The van der Waals surface area contributed by atoms with E-state index in [9.17, 15) is 9.59 Å². The highest BCUT2D eigenvalue weighted by atomic mass is 16.5. The molecule has 1 aliphatic rings. The third-order valence-electron chi connectivity index (χ3n) is 5.76. The minimum Gasteiger partial charge on any atom is -0.497 e. The minimum atomic E-state index is -0.192. The molecule has 1 aliphatic heterocycles. The molecule has 0 atom stereocenters. The lowest BCUT2D eigenvalue weighted by Gasteiger charge is -2.36. The van der Waals surface area contributed by atoms with Crippen LogP contribution >= 0.6 is 0 Å². The Morgan fingerprint density at radius 3 is 2.45 bits per heavy atom. The second-order valence-electron chi connectivity index (χ2n) is 7.88. The van der Waals surface area contributed by atoms with Gasteiger partial charge in [0.05, 0.1) is 18.4 Å². The molecule has 0 radical (unpaired) electrons. The Morgan fingerprint density at radius 1 is 1.09 bits per heavy atom. The number of benzene rings is 1. The van der Waals surface area contributed by atoms with Crippen LogP contribution in [-0.4, -0.2) is 60.1 Å². The number of ether oxygens (including phenoxy) is 1. The number of carbonyl (C=O) groups excluding carboxylic acids is 2. The highest BCUT2D eigenvalue weighted by Crippen LogP contribution is 2.21. The van der Waals surface area contributed by atoms with Gasteiger partial charge in [0.15, 0.2) is 0 Å². The second-order valence-corrected chi connectivity index (χ2v) is 7.88. The number of aromatic nitrogens is 2. The Hall–Kier alpha value is -3.88. The first kappa shape index (κ1) is 22.3. The zero-order chi connectivity index (χ0) is 23.4. The largest absolute Gasteiger partial charge is 0.497 e. The van der Waals surface area contributed by atoms with Crippen LogP contribution in [0.25, 0.3) is 0 Å². The number of pyridine rings is 1. The van der Waals surface area contributed by atoms with Gasteiger partial charge in [-0.05, 0) is 43.7 Å². The molecule has 0 unspecified atom stereocenters. The zero-order valence-electron chi connectivity index (χ0n) is 19.0. The fraction of sp³-hybridized carbons (Fsp3) is 0.333. The van der Waals surface area contributed by atoms with Gasteiger partial charge in [-0.1, -0.05) is 17.3 Å². The van der Waals surface area contributed by atoms with Gasteiger partial charge in [0.1, 0.15) is 22.9 Å². The molecule has 1 N–H and O–H groups in total. The number of nitrogens with zero attached hydrogens (tertiary/aromatic N) is 4. The van der Waals surface area contributed by atoms with Crippen LogP contribution in [0.5, 0.6) is 5.75 Å². The molecule has 2 aromatic heterocycles. The number of nitrogens with one attached hydrogen (secondary N) is 1. The molecular weight excluding hydrogens is 422 g/mol. The predicted octanol–water partition coefficient (Wildman–Crippen LogP) is 2.59. The van der Waals surface area contributed by atoms with Crippen molar-refractivity contribution in [2.24, 2.45) is 0 Å². The smallest absolute Gasteiger partial charge is 0.259 e. The predicted molar refractivity (Wildman–Crippen MR) is 122 cm³/mol. The third-order valence-corrected chi connectivity index (χ3v) is 5.76. The molecule has 1 saturated heterocycles. The summed E-state index contributed by atoms with van der Waals surface area (Å²) in [7, 11) is 1.62. The lowest BCUT2D eigenvalue weighted by molar-refractivity contribution is 0.0743. The fourth-order valence-electron chi connectivity index (χ4n) is 3.91. The van der Waals surface area contributed by atoms with Crippen molar-refractivity contribution in [3.63, 3.8) is 0 Å². The van der Waals surface area contributed by atoms with Crippen LogP contribution in [0.3, 0.4) is 0 Å². The number of methoxy groups -OCH3 is 1. The zero-order valence-corrected chi connectivity index (χ0v) is 19.0. The molecule has 0 bridgehead atoms. The molecule has 33 heavy (non-hydrogen) atoms. The van der Waals surface area contributed by atoms with Crippen LogP contribution in [0.15, 0.2) is 47.1 Å². The van der Waals surface area contributed by atoms with E-state index in [1.54, 1.807) is 44.2 Å². The van der Waals surface area contributed by atoms with Crippen LogP contribution in [-0.2, 0) is 6.54 Å². The fourth-order valence-corrected chi connectivity index (χ4v) is 3.91. The summed E-state index contributed by atoms with van der Waals surface area (Å²) in [6, 6.07) is 11.1. The number of hydrogen-bond donors (Lipinski definition) is 1. The number of amides is 2. The Kier molecular flexibility index (Phi) is 6.58. The van der Waals surface area contributed by atoms with Crippen molar-refractivity contribution in [2.75, 3.05) is 38.2 Å². The molecule has 1 fully saturated rings. The van der Waals surface area contributed by atoms with E-state index in [2.05, 4.69) is 15.5 Å². The van der Waals surface area contributed by atoms with Gasteiger partial charge < -0.3 is 24.4 Å². The van der Waals surface area contributed by atoms with Crippen LogP contribution in [0.2, 0.25) is 0 Å². The standard InChI is InChI=1S/C24H27N5O4/c1-16-21(17(2)33-27-16)24(31)29-13-11-28(12-14-29)22-20(5-4-10-25-22)23(30)26-15-18-6-8-19(32-3)9-7-18/h4-10H,11-15H2,1-3H3,(H,26,30). The minimum absolute atomic E-state index is 0.0793. The molecule has 3 heterocycles. The van der Waals surface area contributed by atoms with E-state index in [-0.39, 0.29) is 11.8 Å². The molecule has 4 rings (SSSR count). The number of aryl methyl sites for hydroxylation is 2. The summed E-state index contributed by atoms with van der Waals surface area (Å²) < 4.78 is 10.3. The lowest BCUT2D eigenvalue weighted by atomic mass is 10.1. The Morgan fingerprint density at radius 2 is 1.82 bits per heavy atom. The van der Waals surface area contributed by atoms with Crippen molar-refractivity contribution in [2.45, 2.75) is 20.4 Å². The highest BCUT2D eigenvalue weighted by Gasteiger charge is 2.28. The molecule has 9 heteroatoms. The van der Waals surface area contributed by atoms with E-state index in [4.69, 9.17) is 9.26 Å². The molecule has 3 aromatic rings. The topological polar surface area (TPSA) is 101 Å². The van der Waals surface area contributed by atoms with Crippen molar-refractivity contribution in [3.8, 4) is 5.75 Å². The third kappa shape index (κ3) is 4.82. The van der Waals surface area contributed by atoms with Gasteiger partial charge in [0.25, 0.3) is 11.8 Å². The van der Waals surface area contributed by atoms with Crippen molar-refractivity contribution in [1.29, 1.82) is 0 Å². The van der Waals surface area contributed by atoms with Gasteiger partial charge >= 0.3 is 0 Å². The summed E-state index contributed by atoms with van der Waals surface area (Å²) in [4.78, 5) is 34.1. The number of hydrogen-bond acceptors (Lipinski definition) is 7. The van der Waals surface area contributed by atoms with Gasteiger partial charge in [0.2, 0.25) is 0 Å². The average molecular weight is 450 g/mol. The molecule has 0 spiro atoms. The number of carbonyl (C=O) groups is 2. The number of rotatable bonds is 6. The van der Waals surface area contributed by atoms with E-state index >= 15 is 0 Å². The summed E-state index contributed by atoms with van der Waals surface area (Å²) >= 11 is 0. The second kappa shape index (κ2) is 9.72. The first-order valence-electron chi connectivity index (χ1n) is 10.8. The van der Waals surface area contributed by atoms with Crippen molar-refractivity contribution < 1.29 is 18.8 Å². The van der Waals surface area contributed by atoms with Gasteiger partial charge in [-0.25, -0.2) is 4.98 Å². The Balaban J connectivity index is 1.40. The first-order chi connectivity index (χ1) is 16.0. The summed E-state index contributed by atoms with van der Waals surface area (Å²) in [5.74, 6) is 1.65. The SMILES string of the molecule is COc1ccc(CNC(=O)c2cccnc2N2CCN(C(=O)c3c(C)noc3C)CC2)cc1. The van der Waals surface area contributed by atoms with Crippen LogP contribution in [0.4, 0.5) is 5.82 Å². The van der Waals surface area contributed by atoms with Gasteiger partial charge in [-0.2, -0.15) is 0 Å². The Labute approximate surface area is 192 Å². The quantitative estimate of drug-likeness (QED) is 0.617. The van der Waals surface area contributed by atoms with Gasteiger partial charge in [-0.15, -0.1) is 0 Å². The summed E-state index contributed by atoms with van der Waals surface area (Å²) in [5.41, 5.74) is 2.61. The molecule has 172 valence electrons. The van der Waals surface area contributed by atoms with Crippen LogP contribution in [0.1, 0.15) is 37.7 Å². The summed E-state index contributed by atoms with van der Waals surface area (Å²) in [6.45, 7) is 6.10. The first-order valence-corrected chi connectivity index (χ1v) is 10.8. The summed E-state index contributed by atoms with van der Waals surface area (Å²) in [6.07, 6.45) is 1.68. The monoisotopic (exact) mass is 449 g/mol. The summed E-state index contributed by atoms with van der Waals surface area (Å²) in [5, 5.41) is 6.84. The maximum Gasteiger partial charge on any atom is 0.259 e. The van der Waals surface area contributed by atoms with Crippen molar-refractivity contribution in [3.05, 3.63) is 70.7 Å². The van der Waals surface area contributed by atoms with Gasteiger partial charge in [-0.3, -0.25) is 9.59 Å². The normalized spacial score (nSPS) is 13.7. The van der Waals surface area contributed by atoms with Crippen LogP contribution in [0, 0.1) is 13.8 Å². The average Bonchev–Trinajstić information content (AvgIpc) is 3.20. The van der Waals surface area contributed by atoms with E-state index in [1.807, 2.05) is 29.2 Å². The van der Waals surface area contributed by atoms with Crippen LogP contribution < -0.4 is 15.0 Å². The van der Waals surface area contributed by atoms with E-state index in [0.717, 1.165) is 11.3 Å². The van der Waals surface area contributed by atoms with E-state index < -0.39 is 0 Å². The Bertz CT molecular complexity index is 1110. The number of anilines is 1.